The van der Waals surface area contributed by atoms with Gasteiger partial charge in [0.15, 0.2) is 6.61 Å². The fraction of sp³-hybridized carbons (Fsp3) is 0.353. The number of benzene rings is 1. The van der Waals surface area contributed by atoms with Gasteiger partial charge in [-0.1, -0.05) is 13.8 Å². The van der Waals surface area contributed by atoms with Gasteiger partial charge in [0.25, 0.3) is 5.91 Å². The second-order valence-corrected chi connectivity index (χ2v) is 5.85. The number of hydrogen-bond donors (Lipinski definition) is 2. The molecular formula is C17H20FN3O3. The smallest absolute Gasteiger partial charge is 0.356 e. The first-order chi connectivity index (χ1) is 11.4. The van der Waals surface area contributed by atoms with Gasteiger partial charge in [-0.2, -0.15) is 5.10 Å². The topological polar surface area (TPSA) is 84.1 Å². The van der Waals surface area contributed by atoms with Gasteiger partial charge in [0, 0.05) is 11.6 Å². The van der Waals surface area contributed by atoms with Crippen LogP contribution >= 0.6 is 0 Å². The average Bonchev–Trinajstić information content (AvgIpc) is 3.03. The van der Waals surface area contributed by atoms with Crippen LogP contribution < -0.4 is 5.32 Å². The summed E-state index contributed by atoms with van der Waals surface area (Å²) in [6, 6.07) is 7.21. The maximum absolute atomic E-state index is 12.9. The van der Waals surface area contributed by atoms with E-state index in [9.17, 15) is 14.0 Å². The monoisotopic (exact) mass is 333 g/mol. The van der Waals surface area contributed by atoms with Crippen LogP contribution in [-0.2, 0) is 9.53 Å². The maximum atomic E-state index is 12.9. The molecule has 7 heteroatoms. The lowest BCUT2D eigenvalue weighted by Gasteiger charge is -2.17. The summed E-state index contributed by atoms with van der Waals surface area (Å²) < 4.78 is 17.9. The Morgan fingerprint density at radius 2 is 1.92 bits per heavy atom. The Morgan fingerprint density at radius 3 is 2.54 bits per heavy atom. The van der Waals surface area contributed by atoms with Gasteiger partial charge in [0.05, 0.1) is 5.69 Å². The van der Waals surface area contributed by atoms with Crippen LogP contribution in [0.3, 0.4) is 0 Å². The van der Waals surface area contributed by atoms with E-state index >= 15 is 0 Å². The molecule has 1 atom stereocenters. The van der Waals surface area contributed by atoms with Crippen molar-refractivity contribution in [3.63, 3.8) is 0 Å². The highest BCUT2D eigenvalue weighted by molar-refractivity contribution is 5.90. The summed E-state index contributed by atoms with van der Waals surface area (Å²) >= 11 is 0. The number of H-pyrrole nitrogens is 1. The molecule has 1 amide bonds. The molecule has 0 aliphatic rings. The molecule has 1 aromatic carbocycles. The van der Waals surface area contributed by atoms with Crippen LogP contribution in [0.5, 0.6) is 0 Å². The molecule has 0 radical (unpaired) electrons. The molecule has 1 aromatic heterocycles. The van der Waals surface area contributed by atoms with Crippen LogP contribution in [0, 0.1) is 11.7 Å². The molecule has 2 rings (SSSR count). The van der Waals surface area contributed by atoms with E-state index in [1.54, 1.807) is 12.1 Å². The Labute approximate surface area is 139 Å². The standard InChI is InChI=1S/C17H20FN3O3/c1-10(2)11(3)19-16(22)9-24-17(23)15-8-14(20-21-15)12-4-6-13(18)7-5-12/h4-8,10-11H,9H2,1-3H3,(H,19,22)(H,20,21)/t11-/m1/s1. The van der Waals surface area contributed by atoms with Crippen LogP contribution in [0.15, 0.2) is 30.3 Å². The van der Waals surface area contributed by atoms with Crippen molar-refractivity contribution in [2.45, 2.75) is 26.8 Å². The molecule has 0 fully saturated rings. The number of carbonyl (C=O) groups is 2. The number of rotatable bonds is 6. The second-order valence-electron chi connectivity index (χ2n) is 5.85. The molecule has 1 heterocycles. The Bertz CT molecular complexity index is 710. The predicted molar refractivity (Wildman–Crippen MR) is 86.7 cm³/mol. The highest BCUT2D eigenvalue weighted by Crippen LogP contribution is 2.18. The Balaban J connectivity index is 1.92. The summed E-state index contributed by atoms with van der Waals surface area (Å²) in [7, 11) is 0. The van der Waals surface area contributed by atoms with Crippen LogP contribution in [0.2, 0.25) is 0 Å². The van der Waals surface area contributed by atoms with E-state index in [2.05, 4.69) is 15.5 Å². The second kappa shape index (κ2) is 7.72. The summed E-state index contributed by atoms with van der Waals surface area (Å²) in [6.07, 6.45) is 0. The van der Waals surface area contributed by atoms with Crippen LogP contribution in [0.1, 0.15) is 31.3 Å². The molecule has 128 valence electrons. The van der Waals surface area contributed by atoms with E-state index in [1.807, 2.05) is 20.8 Å². The first-order valence-corrected chi connectivity index (χ1v) is 7.64. The molecule has 0 saturated carbocycles. The molecule has 0 bridgehead atoms. The first kappa shape index (κ1) is 17.7. The first-order valence-electron chi connectivity index (χ1n) is 7.64. The molecule has 0 saturated heterocycles. The number of ether oxygens (including phenoxy) is 1. The van der Waals surface area contributed by atoms with Crippen molar-refractivity contribution in [1.29, 1.82) is 0 Å². The van der Waals surface area contributed by atoms with E-state index in [0.29, 0.717) is 11.3 Å². The summed E-state index contributed by atoms with van der Waals surface area (Å²) in [4.78, 5) is 23.6. The number of carbonyl (C=O) groups excluding carboxylic acids is 2. The molecular weight excluding hydrogens is 313 g/mol. The molecule has 0 aliphatic carbocycles. The fourth-order valence-corrected chi connectivity index (χ4v) is 1.87. The Morgan fingerprint density at radius 1 is 1.25 bits per heavy atom. The highest BCUT2D eigenvalue weighted by atomic mass is 19.1. The average molecular weight is 333 g/mol. The van der Waals surface area contributed by atoms with Crippen molar-refractivity contribution in [2.24, 2.45) is 5.92 Å². The predicted octanol–water partition coefficient (Wildman–Crippen LogP) is 2.53. The Kier molecular flexibility index (Phi) is 5.68. The van der Waals surface area contributed by atoms with Gasteiger partial charge in [-0.05, 0) is 43.2 Å². The number of amides is 1. The number of esters is 1. The van der Waals surface area contributed by atoms with Crippen molar-refractivity contribution >= 4 is 11.9 Å². The maximum Gasteiger partial charge on any atom is 0.356 e. The number of aromatic amines is 1. The normalized spacial score (nSPS) is 12.0. The largest absolute Gasteiger partial charge is 0.451 e. The van der Waals surface area contributed by atoms with Crippen LogP contribution in [0.25, 0.3) is 11.3 Å². The van der Waals surface area contributed by atoms with Crippen LogP contribution in [-0.4, -0.2) is 34.7 Å². The molecule has 6 nitrogen and oxygen atoms in total. The van der Waals surface area contributed by atoms with Crippen molar-refractivity contribution < 1.29 is 18.7 Å². The van der Waals surface area contributed by atoms with Gasteiger partial charge < -0.3 is 10.1 Å². The van der Waals surface area contributed by atoms with Gasteiger partial charge in [-0.25, -0.2) is 9.18 Å². The third-order valence-electron chi connectivity index (χ3n) is 3.66. The Hall–Kier alpha value is -2.70. The minimum atomic E-state index is -0.678. The zero-order valence-electron chi connectivity index (χ0n) is 13.8. The molecule has 0 aliphatic heterocycles. The molecule has 0 spiro atoms. The van der Waals surface area contributed by atoms with E-state index in [4.69, 9.17) is 4.74 Å². The van der Waals surface area contributed by atoms with Crippen molar-refractivity contribution in [1.82, 2.24) is 15.5 Å². The molecule has 2 N–H and O–H groups in total. The van der Waals surface area contributed by atoms with Gasteiger partial charge >= 0.3 is 5.97 Å². The molecule has 2 aromatic rings. The van der Waals surface area contributed by atoms with Gasteiger partial charge in [-0.3, -0.25) is 9.89 Å². The van der Waals surface area contributed by atoms with Crippen LogP contribution in [0.4, 0.5) is 4.39 Å². The fourth-order valence-electron chi connectivity index (χ4n) is 1.87. The highest BCUT2D eigenvalue weighted by Gasteiger charge is 2.16. The zero-order chi connectivity index (χ0) is 17.7. The van der Waals surface area contributed by atoms with Gasteiger partial charge in [0.2, 0.25) is 0 Å². The van der Waals surface area contributed by atoms with Gasteiger partial charge in [-0.15, -0.1) is 0 Å². The van der Waals surface area contributed by atoms with E-state index < -0.39 is 5.97 Å². The summed E-state index contributed by atoms with van der Waals surface area (Å²) in [5, 5.41) is 9.28. The number of nitrogens with one attached hydrogen (secondary N) is 2. The third kappa shape index (κ3) is 4.65. The lowest BCUT2D eigenvalue weighted by atomic mass is 10.1. The molecule has 24 heavy (non-hydrogen) atoms. The van der Waals surface area contributed by atoms with E-state index in [-0.39, 0.29) is 36.0 Å². The molecule has 0 unspecified atom stereocenters. The van der Waals surface area contributed by atoms with Crippen molar-refractivity contribution in [3.05, 3.63) is 41.8 Å². The third-order valence-corrected chi connectivity index (χ3v) is 3.66. The number of halogens is 1. The minimum Gasteiger partial charge on any atom is -0.451 e. The number of aromatic nitrogens is 2. The summed E-state index contributed by atoms with van der Waals surface area (Å²) in [5.74, 6) is -1.10. The van der Waals surface area contributed by atoms with E-state index in [1.165, 1.54) is 18.2 Å². The number of hydrogen-bond acceptors (Lipinski definition) is 4. The van der Waals surface area contributed by atoms with Crippen molar-refractivity contribution in [3.8, 4) is 11.3 Å². The lowest BCUT2D eigenvalue weighted by molar-refractivity contribution is -0.125. The van der Waals surface area contributed by atoms with Crippen molar-refractivity contribution in [2.75, 3.05) is 6.61 Å². The number of nitrogens with zero attached hydrogens (tertiary/aromatic N) is 1. The minimum absolute atomic E-state index is 0.00608. The summed E-state index contributed by atoms with van der Waals surface area (Å²) in [6.45, 7) is 5.49. The zero-order valence-corrected chi connectivity index (χ0v) is 13.8. The SMILES string of the molecule is CC(C)[C@@H](C)NC(=O)COC(=O)c1cc(-c2ccc(F)cc2)n[nH]1. The van der Waals surface area contributed by atoms with E-state index in [0.717, 1.165) is 0 Å². The quantitative estimate of drug-likeness (QED) is 0.796. The lowest BCUT2D eigenvalue weighted by Crippen LogP contribution is -2.38. The summed E-state index contributed by atoms with van der Waals surface area (Å²) in [5.41, 5.74) is 1.27. The van der Waals surface area contributed by atoms with Gasteiger partial charge in [0.1, 0.15) is 11.5 Å².